The van der Waals surface area contributed by atoms with E-state index < -0.39 is 10.0 Å². The molecule has 3 atom stereocenters. The van der Waals surface area contributed by atoms with Crippen LogP contribution in [0.15, 0.2) is 23.1 Å². The van der Waals surface area contributed by atoms with Gasteiger partial charge in [0.15, 0.2) is 0 Å². The number of primary sulfonamides is 1. The SMILES string of the molecule is Nc1cc(S(N)(=O)=O)ccc1NCC1CC2CCC1C2. The molecule has 5 nitrogen and oxygen atoms in total. The molecule has 2 fully saturated rings. The number of hydrogen-bond donors (Lipinski definition) is 3. The van der Waals surface area contributed by atoms with Crippen LogP contribution in [-0.2, 0) is 10.0 Å². The van der Waals surface area contributed by atoms with Crippen LogP contribution in [0.2, 0.25) is 0 Å². The molecule has 2 aliphatic rings. The topological polar surface area (TPSA) is 98.2 Å². The van der Waals surface area contributed by atoms with E-state index in [0.29, 0.717) is 5.69 Å². The summed E-state index contributed by atoms with van der Waals surface area (Å²) in [6, 6.07) is 4.61. The highest BCUT2D eigenvalue weighted by atomic mass is 32.2. The summed E-state index contributed by atoms with van der Waals surface area (Å²) in [6.07, 6.45) is 5.45. The quantitative estimate of drug-likeness (QED) is 0.737. The number of nitrogens with one attached hydrogen (secondary N) is 1. The lowest BCUT2D eigenvalue weighted by Crippen LogP contribution is -2.20. The molecule has 0 heterocycles. The van der Waals surface area contributed by atoms with Crippen molar-refractivity contribution in [2.24, 2.45) is 22.9 Å². The predicted molar refractivity (Wildman–Crippen MR) is 79.7 cm³/mol. The van der Waals surface area contributed by atoms with Crippen molar-refractivity contribution in [2.45, 2.75) is 30.6 Å². The molecule has 110 valence electrons. The number of benzene rings is 1. The fourth-order valence-corrected chi connectivity index (χ4v) is 4.30. The van der Waals surface area contributed by atoms with Crippen LogP contribution in [0.1, 0.15) is 25.7 Å². The third-order valence-corrected chi connectivity index (χ3v) is 5.70. The lowest BCUT2D eigenvalue weighted by atomic mass is 9.89. The summed E-state index contributed by atoms with van der Waals surface area (Å²) in [6.45, 7) is 0.917. The maximum absolute atomic E-state index is 11.3. The zero-order chi connectivity index (χ0) is 14.3. The Bertz CT molecular complexity index is 615. The molecular weight excluding hydrogens is 274 g/mol. The Hall–Kier alpha value is -1.27. The maximum atomic E-state index is 11.3. The lowest BCUT2D eigenvalue weighted by molar-refractivity contribution is 0.348. The third-order valence-electron chi connectivity index (χ3n) is 4.79. The van der Waals surface area contributed by atoms with Gasteiger partial charge >= 0.3 is 0 Å². The molecule has 0 spiro atoms. The molecular formula is C14H21N3O2S. The van der Waals surface area contributed by atoms with Gasteiger partial charge < -0.3 is 11.1 Å². The van der Waals surface area contributed by atoms with Crippen LogP contribution < -0.4 is 16.2 Å². The number of anilines is 2. The van der Waals surface area contributed by atoms with Gasteiger partial charge in [-0.1, -0.05) is 6.42 Å². The van der Waals surface area contributed by atoms with Gasteiger partial charge in [-0.25, -0.2) is 13.6 Å². The summed E-state index contributed by atoms with van der Waals surface area (Å²) in [7, 11) is -3.69. The molecule has 3 rings (SSSR count). The zero-order valence-electron chi connectivity index (χ0n) is 11.4. The molecule has 5 N–H and O–H groups in total. The van der Waals surface area contributed by atoms with Crippen LogP contribution in [0.4, 0.5) is 11.4 Å². The summed E-state index contributed by atoms with van der Waals surface area (Å²) < 4.78 is 22.5. The second-order valence-corrected chi connectivity index (χ2v) is 7.67. The van der Waals surface area contributed by atoms with Crippen molar-refractivity contribution in [2.75, 3.05) is 17.6 Å². The van der Waals surface area contributed by atoms with E-state index in [9.17, 15) is 8.42 Å². The van der Waals surface area contributed by atoms with E-state index in [-0.39, 0.29) is 4.90 Å². The minimum Gasteiger partial charge on any atom is -0.397 e. The summed E-state index contributed by atoms with van der Waals surface area (Å²) in [5.41, 5.74) is 7.12. The second kappa shape index (κ2) is 4.93. The molecule has 6 heteroatoms. The first-order chi connectivity index (χ1) is 9.43. The van der Waals surface area contributed by atoms with Crippen molar-refractivity contribution in [3.63, 3.8) is 0 Å². The first-order valence-electron chi connectivity index (χ1n) is 7.09. The first kappa shape index (κ1) is 13.7. The number of fused-ring (bicyclic) bond motifs is 2. The molecule has 0 aliphatic heterocycles. The van der Waals surface area contributed by atoms with Crippen molar-refractivity contribution in [3.05, 3.63) is 18.2 Å². The Morgan fingerprint density at radius 1 is 1.25 bits per heavy atom. The minimum absolute atomic E-state index is 0.0560. The Balaban J connectivity index is 1.66. The highest BCUT2D eigenvalue weighted by molar-refractivity contribution is 7.89. The Kier molecular flexibility index (Phi) is 3.38. The smallest absolute Gasteiger partial charge is 0.238 e. The number of sulfonamides is 1. The molecule has 2 saturated carbocycles. The fraction of sp³-hybridized carbons (Fsp3) is 0.571. The summed E-state index contributed by atoms with van der Waals surface area (Å²) >= 11 is 0. The molecule has 0 amide bonds. The molecule has 2 aliphatic carbocycles. The number of nitrogen functional groups attached to an aromatic ring is 1. The monoisotopic (exact) mass is 295 g/mol. The molecule has 3 unspecified atom stereocenters. The van der Waals surface area contributed by atoms with Crippen molar-refractivity contribution < 1.29 is 8.42 Å². The van der Waals surface area contributed by atoms with Gasteiger partial charge in [0.25, 0.3) is 0 Å². The normalized spacial score (nSPS) is 28.8. The summed E-state index contributed by atoms with van der Waals surface area (Å²) in [5, 5.41) is 8.44. The largest absolute Gasteiger partial charge is 0.397 e. The van der Waals surface area contributed by atoms with Gasteiger partial charge in [-0.15, -0.1) is 0 Å². The van der Waals surface area contributed by atoms with Crippen LogP contribution in [0, 0.1) is 17.8 Å². The Labute approximate surface area is 119 Å². The number of nitrogens with two attached hydrogens (primary N) is 2. The highest BCUT2D eigenvalue weighted by Gasteiger charge is 2.39. The predicted octanol–water partition coefficient (Wildman–Crippen LogP) is 1.76. The molecule has 1 aromatic carbocycles. The van der Waals surface area contributed by atoms with Gasteiger partial charge in [0.1, 0.15) is 0 Å². The highest BCUT2D eigenvalue weighted by Crippen LogP contribution is 2.48. The Morgan fingerprint density at radius 3 is 2.60 bits per heavy atom. The third kappa shape index (κ3) is 2.62. The van der Waals surface area contributed by atoms with E-state index >= 15 is 0 Å². The van der Waals surface area contributed by atoms with E-state index in [1.54, 1.807) is 6.07 Å². The van der Waals surface area contributed by atoms with Gasteiger partial charge in [0.2, 0.25) is 10.0 Å². The molecule has 2 bridgehead atoms. The van der Waals surface area contributed by atoms with E-state index in [1.807, 2.05) is 0 Å². The van der Waals surface area contributed by atoms with Crippen LogP contribution in [0.3, 0.4) is 0 Å². The van der Waals surface area contributed by atoms with Crippen LogP contribution in [0.5, 0.6) is 0 Å². The van der Waals surface area contributed by atoms with Crippen molar-refractivity contribution >= 4 is 21.4 Å². The van der Waals surface area contributed by atoms with Crippen LogP contribution in [0.25, 0.3) is 0 Å². The lowest BCUT2D eigenvalue weighted by Gasteiger charge is -2.22. The van der Waals surface area contributed by atoms with Gasteiger partial charge in [0.05, 0.1) is 16.3 Å². The van der Waals surface area contributed by atoms with Gasteiger partial charge in [-0.3, -0.25) is 0 Å². The maximum Gasteiger partial charge on any atom is 0.238 e. The zero-order valence-corrected chi connectivity index (χ0v) is 12.2. The number of hydrogen-bond acceptors (Lipinski definition) is 4. The standard InChI is InChI=1S/C14H21N3O2S/c15-13-7-12(20(16,18)19)3-4-14(13)17-8-11-6-9-1-2-10(11)5-9/h3-4,7,9-11,17H,1-2,5-6,8,15H2,(H2,16,18,19). The molecule has 0 radical (unpaired) electrons. The van der Waals surface area contributed by atoms with Crippen molar-refractivity contribution in [1.82, 2.24) is 0 Å². The molecule has 0 saturated heterocycles. The minimum atomic E-state index is -3.69. The van der Waals surface area contributed by atoms with Crippen LogP contribution >= 0.6 is 0 Å². The number of rotatable bonds is 4. The van der Waals surface area contributed by atoms with E-state index in [2.05, 4.69) is 5.32 Å². The van der Waals surface area contributed by atoms with Gasteiger partial charge in [-0.05, 0) is 55.2 Å². The van der Waals surface area contributed by atoms with E-state index in [4.69, 9.17) is 10.9 Å². The average Bonchev–Trinajstić information content (AvgIpc) is 2.98. The first-order valence-corrected chi connectivity index (χ1v) is 8.64. The van der Waals surface area contributed by atoms with Crippen LogP contribution in [-0.4, -0.2) is 15.0 Å². The van der Waals surface area contributed by atoms with Gasteiger partial charge in [-0.2, -0.15) is 0 Å². The average molecular weight is 295 g/mol. The Morgan fingerprint density at radius 2 is 2.05 bits per heavy atom. The molecule has 0 aromatic heterocycles. The van der Waals surface area contributed by atoms with Gasteiger partial charge in [0, 0.05) is 6.54 Å². The fourth-order valence-electron chi connectivity index (χ4n) is 3.75. The van der Waals surface area contributed by atoms with Crippen molar-refractivity contribution in [3.8, 4) is 0 Å². The molecule has 1 aromatic rings. The van der Waals surface area contributed by atoms with E-state index in [1.165, 1.54) is 37.8 Å². The second-order valence-electron chi connectivity index (χ2n) is 6.11. The summed E-state index contributed by atoms with van der Waals surface area (Å²) in [4.78, 5) is 0.0560. The van der Waals surface area contributed by atoms with E-state index in [0.717, 1.165) is 30.0 Å². The van der Waals surface area contributed by atoms with Crippen molar-refractivity contribution in [1.29, 1.82) is 0 Å². The molecule has 20 heavy (non-hydrogen) atoms. The summed E-state index contributed by atoms with van der Waals surface area (Å²) in [5.74, 6) is 2.51.